The summed E-state index contributed by atoms with van der Waals surface area (Å²) in [4.78, 5) is 42.2. The van der Waals surface area contributed by atoms with Gasteiger partial charge in [-0.15, -0.1) is 11.3 Å². The molecule has 0 aliphatic heterocycles. The summed E-state index contributed by atoms with van der Waals surface area (Å²) in [6, 6.07) is 11.4. The zero-order valence-electron chi connectivity index (χ0n) is 23.2. The van der Waals surface area contributed by atoms with Gasteiger partial charge in [0.15, 0.2) is 0 Å². The Morgan fingerprint density at radius 2 is 1.73 bits per heavy atom. The number of carboxylic acid groups (broad SMARTS) is 1. The lowest BCUT2D eigenvalue weighted by atomic mass is 10.2. The van der Waals surface area contributed by atoms with Crippen LogP contribution in [0.5, 0.6) is 17.2 Å². The Bertz CT molecular complexity index is 1080. The molecule has 2 aromatic carbocycles. The SMILES string of the molecule is C#CCOc1cc(OC(CCC)OC(OC(C)=O)C(=O)OC)ccc1COc1ccc(N=O)cc1.CC.O=CO. The van der Waals surface area contributed by atoms with Gasteiger partial charge in [-0.25, -0.2) is 4.79 Å². The largest absolute Gasteiger partial charge is 0.489 e. The molecule has 0 amide bonds. The van der Waals surface area contributed by atoms with Gasteiger partial charge in [-0.05, 0) is 41.6 Å². The van der Waals surface area contributed by atoms with E-state index in [1.54, 1.807) is 42.5 Å². The first-order chi connectivity index (χ1) is 19.3. The Balaban J connectivity index is 0.00000284. The lowest BCUT2D eigenvalue weighted by Crippen LogP contribution is -2.36. The lowest BCUT2D eigenvalue weighted by Gasteiger charge is -2.24. The van der Waals surface area contributed by atoms with Crippen molar-refractivity contribution in [2.45, 2.75) is 59.7 Å². The van der Waals surface area contributed by atoms with Crippen molar-refractivity contribution >= 4 is 24.1 Å². The normalized spacial score (nSPS) is 10.9. The smallest absolute Gasteiger partial charge is 0.376 e. The average molecular weight is 562 g/mol. The van der Waals surface area contributed by atoms with Gasteiger partial charge in [0.1, 0.15) is 36.1 Å². The zero-order chi connectivity index (χ0) is 30.3. The van der Waals surface area contributed by atoms with Crippen LogP contribution in [0.4, 0.5) is 5.69 Å². The highest BCUT2D eigenvalue weighted by Gasteiger charge is 2.28. The second-order valence-electron chi connectivity index (χ2n) is 7.18. The van der Waals surface area contributed by atoms with E-state index in [1.807, 2.05) is 20.8 Å². The lowest BCUT2D eigenvalue weighted by molar-refractivity contribution is -0.229. The van der Waals surface area contributed by atoms with Crippen molar-refractivity contribution in [3.63, 3.8) is 0 Å². The molecule has 12 nitrogen and oxygen atoms in total. The van der Waals surface area contributed by atoms with Gasteiger partial charge in [-0.3, -0.25) is 14.3 Å². The summed E-state index contributed by atoms with van der Waals surface area (Å²) in [7, 11) is 1.15. The molecule has 2 rings (SSSR count). The van der Waals surface area contributed by atoms with Gasteiger partial charge < -0.3 is 28.8 Å². The molecule has 1 N–H and O–H groups in total. The number of hydrogen-bond acceptors (Lipinski definition) is 11. The van der Waals surface area contributed by atoms with E-state index in [2.05, 4.69) is 15.8 Å². The van der Waals surface area contributed by atoms with E-state index in [4.69, 9.17) is 40.0 Å². The number of methoxy groups -OCH3 is 1. The zero-order valence-corrected chi connectivity index (χ0v) is 23.2. The van der Waals surface area contributed by atoms with Crippen LogP contribution in [0.25, 0.3) is 0 Å². The Morgan fingerprint density at radius 3 is 2.25 bits per heavy atom. The van der Waals surface area contributed by atoms with Gasteiger partial charge >= 0.3 is 18.2 Å². The van der Waals surface area contributed by atoms with Gasteiger partial charge in [0.25, 0.3) is 6.47 Å². The van der Waals surface area contributed by atoms with Crippen LogP contribution in [-0.2, 0) is 35.2 Å². The number of benzene rings is 2. The minimum atomic E-state index is -1.57. The van der Waals surface area contributed by atoms with Crippen LogP contribution in [0, 0.1) is 17.3 Å². The summed E-state index contributed by atoms with van der Waals surface area (Å²) < 4.78 is 32.4. The quantitative estimate of drug-likeness (QED) is 0.109. The van der Waals surface area contributed by atoms with Crippen LogP contribution in [0.3, 0.4) is 0 Å². The molecule has 2 atom stereocenters. The molecule has 0 aliphatic carbocycles. The number of terminal acetylenes is 1. The third-order valence-electron chi connectivity index (χ3n) is 4.42. The number of ether oxygens (including phenoxy) is 6. The van der Waals surface area contributed by atoms with Crippen molar-refractivity contribution in [2.24, 2.45) is 5.18 Å². The maximum absolute atomic E-state index is 11.9. The molecule has 0 heterocycles. The highest BCUT2D eigenvalue weighted by molar-refractivity contribution is 5.77. The van der Waals surface area contributed by atoms with E-state index in [9.17, 15) is 14.5 Å². The first-order valence-electron chi connectivity index (χ1n) is 12.2. The van der Waals surface area contributed by atoms with E-state index < -0.39 is 24.5 Å². The standard InChI is InChI=1S/C25H27NO9.C2H6.CH2O2/c1-5-7-23(35-25(24(28)30-4)33-17(3)27)34-21-11-8-18(22(15-21)31-14-6-2)16-32-20-12-9-19(26-29)10-13-20;1-2;2-1-3/h2,8-13,15,23,25H,5,7,14,16H2,1,3-4H3;1-2H3;1H,(H,2,3). The molecule has 0 saturated heterocycles. The van der Waals surface area contributed by atoms with Gasteiger partial charge in [0.05, 0.1) is 7.11 Å². The van der Waals surface area contributed by atoms with E-state index in [0.717, 1.165) is 14.0 Å². The molecule has 0 saturated carbocycles. The minimum absolute atomic E-state index is 0.0158. The molecule has 218 valence electrons. The Kier molecular flexibility index (Phi) is 18.9. The number of esters is 2. The summed E-state index contributed by atoms with van der Waals surface area (Å²) in [5.74, 6) is 2.16. The van der Waals surface area contributed by atoms with Crippen LogP contribution in [0.2, 0.25) is 0 Å². The number of carbonyl (C=O) groups is 3. The molecule has 2 aromatic rings. The summed E-state index contributed by atoms with van der Waals surface area (Å²) in [6.45, 7) is 6.97. The van der Waals surface area contributed by atoms with Crippen molar-refractivity contribution in [3.05, 3.63) is 52.9 Å². The number of carbonyl (C=O) groups excluding carboxylic acids is 2. The van der Waals surface area contributed by atoms with Crippen molar-refractivity contribution in [3.8, 4) is 29.6 Å². The molecule has 0 aliphatic rings. The maximum atomic E-state index is 11.9. The Labute approximate surface area is 233 Å². The first kappa shape index (κ1) is 35.4. The highest BCUT2D eigenvalue weighted by Crippen LogP contribution is 2.28. The van der Waals surface area contributed by atoms with E-state index >= 15 is 0 Å². The summed E-state index contributed by atoms with van der Waals surface area (Å²) >= 11 is 0. The van der Waals surface area contributed by atoms with Crippen LogP contribution in [0.15, 0.2) is 47.6 Å². The average Bonchev–Trinajstić information content (AvgIpc) is 2.96. The van der Waals surface area contributed by atoms with Crippen LogP contribution in [-0.4, -0.2) is 49.8 Å². The van der Waals surface area contributed by atoms with Gasteiger partial charge in [0, 0.05) is 25.0 Å². The molecule has 40 heavy (non-hydrogen) atoms. The van der Waals surface area contributed by atoms with Crippen molar-refractivity contribution < 1.29 is 47.9 Å². The van der Waals surface area contributed by atoms with Crippen molar-refractivity contribution in [1.82, 2.24) is 0 Å². The topological polar surface area (TPSA) is 156 Å². The molecule has 0 fully saturated rings. The Morgan fingerprint density at radius 1 is 1.10 bits per heavy atom. The molecule has 0 radical (unpaired) electrons. The number of nitrogens with zero attached hydrogens (tertiary/aromatic N) is 1. The fourth-order valence-corrected chi connectivity index (χ4v) is 2.80. The molecule has 0 spiro atoms. The predicted octanol–water partition coefficient (Wildman–Crippen LogP) is 4.99. The monoisotopic (exact) mass is 561 g/mol. The van der Waals surface area contributed by atoms with Crippen molar-refractivity contribution in [2.75, 3.05) is 13.7 Å². The molecular formula is C28H35NO11. The second-order valence-corrected chi connectivity index (χ2v) is 7.18. The fraction of sp³-hybridized carbons (Fsp3) is 0.393. The fourth-order valence-electron chi connectivity index (χ4n) is 2.80. The first-order valence-corrected chi connectivity index (χ1v) is 12.2. The molecule has 0 bridgehead atoms. The highest BCUT2D eigenvalue weighted by atomic mass is 16.8. The van der Waals surface area contributed by atoms with E-state index in [1.165, 1.54) is 0 Å². The molecule has 0 aromatic heterocycles. The maximum Gasteiger partial charge on any atom is 0.376 e. The van der Waals surface area contributed by atoms with Gasteiger partial charge in [-0.1, -0.05) is 33.1 Å². The third kappa shape index (κ3) is 13.8. The molecule has 2 unspecified atom stereocenters. The molecular weight excluding hydrogens is 526 g/mol. The van der Waals surface area contributed by atoms with Gasteiger partial charge in [0.2, 0.25) is 6.29 Å². The van der Waals surface area contributed by atoms with Crippen molar-refractivity contribution in [1.29, 1.82) is 0 Å². The van der Waals surface area contributed by atoms with Crippen LogP contribution in [0.1, 0.15) is 46.1 Å². The van der Waals surface area contributed by atoms with E-state index in [0.29, 0.717) is 41.3 Å². The van der Waals surface area contributed by atoms with Crippen LogP contribution < -0.4 is 14.2 Å². The number of nitroso groups, excluding NO2 is 1. The summed E-state index contributed by atoms with van der Waals surface area (Å²) in [5, 5.41) is 9.74. The van der Waals surface area contributed by atoms with E-state index in [-0.39, 0.29) is 19.7 Å². The second kappa shape index (κ2) is 21.3. The third-order valence-corrected chi connectivity index (χ3v) is 4.42. The minimum Gasteiger partial charge on any atom is -0.489 e. The Hall–Kier alpha value is -4.63. The molecule has 12 heteroatoms. The number of hydrogen-bond donors (Lipinski definition) is 1. The summed E-state index contributed by atoms with van der Waals surface area (Å²) in [5.41, 5.74) is 0.981. The predicted molar refractivity (Wildman–Crippen MR) is 145 cm³/mol. The van der Waals surface area contributed by atoms with Crippen LogP contribution >= 0.6 is 0 Å². The number of rotatable bonds is 14. The summed E-state index contributed by atoms with van der Waals surface area (Å²) in [6.07, 6.45) is 3.90. The van der Waals surface area contributed by atoms with Gasteiger partial charge in [-0.2, -0.15) is 0 Å².